The van der Waals surface area contributed by atoms with Crippen molar-refractivity contribution in [3.8, 4) is 23.4 Å². The number of ether oxygens (including phenoxy) is 2. The molecule has 1 aromatic heterocycles. The van der Waals surface area contributed by atoms with E-state index in [-0.39, 0.29) is 12.7 Å². The van der Waals surface area contributed by atoms with Gasteiger partial charge in [0.15, 0.2) is 0 Å². The minimum Gasteiger partial charge on any atom is -0.472 e. The van der Waals surface area contributed by atoms with E-state index >= 15 is 0 Å². The second-order valence-corrected chi connectivity index (χ2v) is 8.53. The van der Waals surface area contributed by atoms with Crippen molar-refractivity contribution >= 4 is 5.69 Å². The van der Waals surface area contributed by atoms with E-state index in [1.54, 1.807) is 12.1 Å². The molecule has 4 rings (SSSR count). The van der Waals surface area contributed by atoms with E-state index in [9.17, 15) is 5.11 Å². The molecular weight excluding hydrogens is 414 g/mol. The fourth-order valence-electron chi connectivity index (χ4n) is 4.16. The quantitative estimate of drug-likeness (QED) is 0.524. The predicted octanol–water partition coefficient (Wildman–Crippen LogP) is 5.06. The molecule has 170 valence electrons. The van der Waals surface area contributed by atoms with Crippen molar-refractivity contribution in [3.63, 3.8) is 0 Å². The summed E-state index contributed by atoms with van der Waals surface area (Å²) in [6.07, 6.45) is 2.97. The van der Waals surface area contributed by atoms with E-state index in [0.29, 0.717) is 23.8 Å². The van der Waals surface area contributed by atoms with Gasteiger partial charge in [-0.05, 0) is 53.8 Å². The molecule has 0 amide bonds. The summed E-state index contributed by atoms with van der Waals surface area (Å²) >= 11 is 0. The Morgan fingerprint density at radius 3 is 2.76 bits per heavy atom. The maximum Gasteiger partial charge on any atom is 0.213 e. The second kappa shape index (κ2) is 10.4. The van der Waals surface area contributed by atoms with E-state index < -0.39 is 0 Å². The predicted molar refractivity (Wildman–Crippen MR) is 128 cm³/mol. The Kier molecular flexibility index (Phi) is 7.11. The number of nitriles is 1. The molecule has 2 aromatic carbocycles. The van der Waals surface area contributed by atoms with Crippen LogP contribution in [-0.4, -0.2) is 35.9 Å². The number of aliphatic hydroxyl groups excluding tert-OH is 1. The number of anilines is 1. The highest BCUT2D eigenvalue weighted by Gasteiger charge is 2.26. The Hall–Kier alpha value is -3.56. The molecule has 6 heteroatoms. The molecule has 1 N–H and O–H groups in total. The van der Waals surface area contributed by atoms with Crippen molar-refractivity contribution in [2.45, 2.75) is 38.7 Å². The van der Waals surface area contributed by atoms with Crippen LogP contribution in [-0.2, 0) is 6.42 Å². The Morgan fingerprint density at radius 1 is 1.18 bits per heavy atom. The summed E-state index contributed by atoms with van der Waals surface area (Å²) < 4.78 is 12.3. The van der Waals surface area contributed by atoms with Gasteiger partial charge < -0.3 is 19.5 Å². The van der Waals surface area contributed by atoms with Crippen LogP contribution in [0, 0.1) is 11.3 Å². The van der Waals surface area contributed by atoms with Crippen molar-refractivity contribution in [2.24, 2.45) is 0 Å². The van der Waals surface area contributed by atoms with Gasteiger partial charge in [0.1, 0.15) is 23.7 Å². The molecule has 3 aromatic rings. The zero-order valence-electron chi connectivity index (χ0n) is 19.1. The van der Waals surface area contributed by atoms with Gasteiger partial charge in [-0.15, -0.1) is 0 Å². The molecule has 0 bridgehead atoms. The number of aliphatic hydroxyl groups is 1. The number of para-hydroxylation sites is 1. The molecule has 0 radical (unpaired) electrons. The largest absolute Gasteiger partial charge is 0.472 e. The lowest BCUT2D eigenvalue weighted by Crippen LogP contribution is -2.25. The van der Waals surface area contributed by atoms with Gasteiger partial charge in [0.2, 0.25) is 5.88 Å². The Balaban J connectivity index is 1.48. The standard InChI is InChI=1S/C27H29N3O3/c1-19(2)24-5-3-4-6-26(24)32-22-8-9-25(21(15-22)12-14-31)30-13-11-23(18-30)33-27-10-7-20(16-28)17-29-27/h3-10,15,17,19,23,31H,11-14,18H2,1-2H3. The highest BCUT2D eigenvalue weighted by atomic mass is 16.5. The first-order valence-corrected chi connectivity index (χ1v) is 11.4. The van der Waals surface area contributed by atoms with Crippen LogP contribution in [0.25, 0.3) is 0 Å². The van der Waals surface area contributed by atoms with Crippen molar-refractivity contribution in [1.29, 1.82) is 5.26 Å². The molecule has 33 heavy (non-hydrogen) atoms. The number of hydrogen-bond acceptors (Lipinski definition) is 6. The van der Waals surface area contributed by atoms with Gasteiger partial charge >= 0.3 is 0 Å². The summed E-state index contributed by atoms with van der Waals surface area (Å²) in [6, 6.07) is 19.7. The molecule has 0 saturated carbocycles. The maximum atomic E-state index is 9.66. The zero-order valence-corrected chi connectivity index (χ0v) is 19.1. The van der Waals surface area contributed by atoms with Gasteiger partial charge in [0.25, 0.3) is 0 Å². The van der Waals surface area contributed by atoms with Crippen molar-refractivity contribution in [2.75, 3.05) is 24.6 Å². The minimum absolute atomic E-state index is 0.0151. The van der Waals surface area contributed by atoms with Crippen molar-refractivity contribution < 1.29 is 14.6 Å². The molecule has 1 atom stereocenters. The third-order valence-electron chi connectivity index (χ3n) is 5.84. The van der Waals surface area contributed by atoms with E-state index in [0.717, 1.165) is 42.3 Å². The third kappa shape index (κ3) is 5.44. The van der Waals surface area contributed by atoms with Gasteiger partial charge in [0.05, 0.1) is 12.1 Å². The Bertz CT molecular complexity index is 1120. The molecular formula is C27H29N3O3. The van der Waals surface area contributed by atoms with Crippen LogP contribution in [0.5, 0.6) is 17.4 Å². The van der Waals surface area contributed by atoms with Crippen LogP contribution in [0.1, 0.15) is 42.9 Å². The average Bonchev–Trinajstić information content (AvgIpc) is 3.28. The Labute approximate surface area is 195 Å². The number of aromatic nitrogens is 1. The summed E-state index contributed by atoms with van der Waals surface area (Å²) in [5.41, 5.74) is 3.82. The fourth-order valence-corrected chi connectivity index (χ4v) is 4.16. The van der Waals surface area contributed by atoms with Crippen LogP contribution in [0.2, 0.25) is 0 Å². The maximum absolute atomic E-state index is 9.66. The molecule has 6 nitrogen and oxygen atoms in total. The minimum atomic E-state index is 0.0151. The lowest BCUT2D eigenvalue weighted by atomic mass is 10.0. The number of hydrogen-bond donors (Lipinski definition) is 1. The molecule has 0 aliphatic carbocycles. The first kappa shape index (κ1) is 22.6. The van der Waals surface area contributed by atoms with E-state index in [4.69, 9.17) is 14.7 Å². The number of pyridine rings is 1. The molecule has 2 heterocycles. The summed E-state index contributed by atoms with van der Waals surface area (Å²) in [5, 5.41) is 18.6. The van der Waals surface area contributed by atoms with Crippen LogP contribution >= 0.6 is 0 Å². The van der Waals surface area contributed by atoms with E-state index in [1.165, 1.54) is 11.8 Å². The van der Waals surface area contributed by atoms with Crippen LogP contribution in [0.4, 0.5) is 5.69 Å². The number of benzene rings is 2. The summed E-state index contributed by atoms with van der Waals surface area (Å²) in [7, 11) is 0. The summed E-state index contributed by atoms with van der Waals surface area (Å²) in [4.78, 5) is 6.50. The Morgan fingerprint density at radius 2 is 2.03 bits per heavy atom. The molecule has 1 unspecified atom stereocenters. The lowest BCUT2D eigenvalue weighted by molar-refractivity contribution is 0.216. The third-order valence-corrected chi connectivity index (χ3v) is 5.84. The van der Waals surface area contributed by atoms with Gasteiger partial charge in [0, 0.05) is 37.5 Å². The first-order valence-electron chi connectivity index (χ1n) is 11.4. The molecule has 1 aliphatic heterocycles. The monoisotopic (exact) mass is 443 g/mol. The first-order chi connectivity index (χ1) is 16.1. The van der Waals surface area contributed by atoms with Crippen LogP contribution in [0.15, 0.2) is 60.8 Å². The van der Waals surface area contributed by atoms with Gasteiger partial charge in [-0.25, -0.2) is 4.98 Å². The highest BCUT2D eigenvalue weighted by molar-refractivity contribution is 5.58. The van der Waals surface area contributed by atoms with E-state index in [2.05, 4.69) is 41.9 Å². The van der Waals surface area contributed by atoms with Gasteiger partial charge in [-0.2, -0.15) is 5.26 Å². The van der Waals surface area contributed by atoms with Crippen LogP contribution in [0.3, 0.4) is 0 Å². The zero-order chi connectivity index (χ0) is 23.2. The van der Waals surface area contributed by atoms with Crippen LogP contribution < -0.4 is 14.4 Å². The van der Waals surface area contributed by atoms with Crippen molar-refractivity contribution in [3.05, 3.63) is 77.5 Å². The average molecular weight is 444 g/mol. The normalized spacial score (nSPS) is 15.5. The molecule has 1 fully saturated rings. The van der Waals surface area contributed by atoms with Gasteiger partial charge in [-0.1, -0.05) is 32.0 Å². The number of rotatable bonds is 8. The second-order valence-electron chi connectivity index (χ2n) is 8.53. The van der Waals surface area contributed by atoms with Gasteiger partial charge in [-0.3, -0.25) is 0 Å². The SMILES string of the molecule is CC(C)c1ccccc1Oc1ccc(N2CCC(Oc3ccc(C#N)cn3)C2)c(CCO)c1. The van der Waals surface area contributed by atoms with Crippen molar-refractivity contribution in [1.82, 2.24) is 4.98 Å². The fraction of sp³-hybridized carbons (Fsp3) is 0.333. The smallest absolute Gasteiger partial charge is 0.213 e. The highest BCUT2D eigenvalue weighted by Crippen LogP contribution is 2.34. The summed E-state index contributed by atoms with van der Waals surface area (Å²) in [5.74, 6) is 2.53. The molecule has 0 spiro atoms. The van der Waals surface area contributed by atoms with E-state index in [1.807, 2.05) is 30.3 Å². The molecule has 1 aliphatic rings. The number of nitrogens with zero attached hydrogens (tertiary/aromatic N) is 3. The molecule has 1 saturated heterocycles. The lowest BCUT2D eigenvalue weighted by Gasteiger charge is -2.23. The topological polar surface area (TPSA) is 78.6 Å². The summed E-state index contributed by atoms with van der Waals surface area (Å²) in [6.45, 7) is 5.97.